The van der Waals surface area contributed by atoms with Gasteiger partial charge in [0.05, 0.1) is 19.3 Å². The Morgan fingerprint density at radius 1 is 0.935 bits per heavy atom. The summed E-state index contributed by atoms with van der Waals surface area (Å²) in [6.07, 6.45) is 0. The van der Waals surface area contributed by atoms with Crippen LogP contribution in [0.25, 0.3) is 0 Å². The van der Waals surface area contributed by atoms with Crippen molar-refractivity contribution in [2.45, 2.75) is 6.92 Å². The maximum absolute atomic E-state index is 12.4. The summed E-state index contributed by atoms with van der Waals surface area (Å²) in [6, 6.07) is 14.3. The van der Waals surface area contributed by atoms with Crippen molar-refractivity contribution in [3.8, 4) is 5.75 Å². The van der Waals surface area contributed by atoms with Crippen molar-refractivity contribution in [3.63, 3.8) is 0 Å². The number of methoxy groups -OCH3 is 1. The summed E-state index contributed by atoms with van der Waals surface area (Å²) in [6.45, 7) is 3.72. The highest BCUT2D eigenvalue weighted by Gasteiger charge is 2.23. The van der Waals surface area contributed by atoms with E-state index in [1.165, 1.54) is 6.92 Å². The third-order valence-corrected chi connectivity index (χ3v) is 4.86. The van der Waals surface area contributed by atoms with Gasteiger partial charge in [0, 0.05) is 44.5 Å². The van der Waals surface area contributed by atoms with Crippen LogP contribution in [0.3, 0.4) is 0 Å². The van der Waals surface area contributed by atoms with Crippen molar-refractivity contribution in [1.82, 2.24) is 10.2 Å². The molecule has 1 fully saturated rings. The number of nitrogens with one attached hydrogen (secondary N) is 3. The predicted molar refractivity (Wildman–Crippen MR) is 120 cm³/mol. The average molecular weight is 425 g/mol. The third-order valence-electron chi connectivity index (χ3n) is 4.86. The first-order valence-electron chi connectivity index (χ1n) is 10.0. The number of benzene rings is 2. The Kier molecular flexibility index (Phi) is 7.31. The first-order chi connectivity index (χ1) is 15.0. The monoisotopic (exact) mass is 425 g/mol. The Morgan fingerprint density at radius 3 is 2.29 bits per heavy atom. The smallest absolute Gasteiger partial charge is 0.317 e. The summed E-state index contributed by atoms with van der Waals surface area (Å²) in [7, 11) is 1.64. The molecule has 1 aliphatic heterocycles. The molecule has 9 nitrogen and oxygen atoms in total. The summed E-state index contributed by atoms with van der Waals surface area (Å²) in [5.41, 5.74) is 2.13. The van der Waals surface area contributed by atoms with Gasteiger partial charge in [-0.15, -0.1) is 0 Å². The number of para-hydroxylation sites is 2. The molecule has 1 saturated heterocycles. The van der Waals surface area contributed by atoms with Crippen LogP contribution in [0, 0.1) is 0 Å². The molecular formula is C22H27N5O4. The fraction of sp³-hybridized carbons (Fsp3) is 0.318. The minimum atomic E-state index is -0.346. The number of carbonyl (C=O) groups is 3. The van der Waals surface area contributed by atoms with Crippen LogP contribution in [-0.4, -0.2) is 62.6 Å². The van der Waals surface area contributed by atoms with E-state index in [9.17, 15) is 14.4 Å². The lowest BCUT2D eigenvalue weighted by atomic mass is 10.2. The molecule has 3 rings (SSSR count). The van der Waals surface area contributed by atoms with Gasteiger partial charge >= 0.3 is 6.03 Å². The molecule has 3 N–H and O–H groups in total. The maximum atomic E-state index is 12.4. The van der Waals surface area contributed by atoms with Crippen LogP contribution in [0.2, 0.25) is 0 Å². The zero-order chi connectivity index (χ0) is 22.2. The van der Waals surface area contributed by atoms with Crippen molar-refractivity contribution < 1.29 is 19.1 Å². The Morgan fingerprint density at radius 2 is 1.61 bits per heavy atom. The van der Waals surface area contributed by atoms with Gasteiger partial charge in [-0.25, -0.2) is 4.79 Å². The van der Waals surface area contributed by atoms with Crippen molar-refractivity contribution in [2.24, 2.45) is 0 Å². The largest absolute Gasteiger partial charge is 0.495 e. The zero-order valence-corrected chi connectivity index (χ0v) is 17.7. The van der Waals surface area contributed by atoms with E-state index in [4.69, 9.17) is 4.74 Å². The van der Waals surface area contributed by atoms with E-state index in [-0.39, 0.29) is 24.4 Å². The molecule has 0 radical (unpaired) electrons. The number of nitrogens with zero attached hydrogens (tertiary/aromatic N) is 2. The summed E-state index contributed by atoms with van der Waals surface area (Å²) in [5.74, 6) is 0.266. The highest BCUT2D eigenvalue weighted by Crippen LogP contribution is 2.28. The van der Waals surface area contributed by atoms with E-state index in [2.05, 4.69) is 20.9 Å². The second-order valence-electron chi connectivity index (χ2n) is 7.11. The van der Waals surface area contributed by atoms with E-state index >= 15 is 0 Å². The molecule has 0 bridgehead atoms. The second-order valence-corrected chi connectivity index (χ2v) is 7.11. The first kappa shape index (κ1) is 21.9. The molecule has 0 unspecified atom stereocenters. The van der Waals surface area contributed by atoms with Crippen LogP contribution in [0.15, 0.2) is 48.5 Å². The van der Waals surface area contributed by atoms with Gasteiger partial charge in [0.15, 0.2) is 0 Å². The summed E-state index contributed by atoms with van der Waals surface area (Å²) in [4.78, 5) is 39.6. The van der Waals surface area contributed by atoms with Crippen LogP contribution in [0.1, 0.15) is 6.92 Å². The van der Waals surface area contributed by atoms with E-state index in [1.54, 1.807) is 36.3 Å². The zero-order valence-electron chi connectivity index (χ0n) is 17.7. The summed E-state index contributed by atoms with van der Waals surface area (Å²) >= 11 is 0. The molecule has 0 aromatic heterocycles. The van der Waals surface area contributed by atoms with Gasteiger partial charge in [-0.3, -0.25) is 9.59 Å². The molecule has 4 amide bonds. The molecule has 1 heterocycles. The van der Waals surface area contributed by atoms with Crippen molar-refractivity contribution in [1.29, 1.82) is 0 Å². The number of urea groups is 1. The van der Waals surface area contributed by atoms with Gasteiger partial charge in [-0.2, -0.15) is 0 Å². The summed E-state index contributed by atoms with van der Waals surface area (Å²) in [5, 5.41) is 8.02. The van der Waals surface area contributed by atoms with Crippen molar-refractivity contribution in [2.75, 3.05) is 55.4 Å². The van der Waals surface area contributed by atoms with E-state index in [0.29, 0.717) is 37.6 Å². The Balaban J connectivity index is 1.45. The number of piperazine rings is 1. The SMILES string of the molecule is COc1ccccc1N1CCN(C(=O)NCC(=O)Nc2cccc(NC(C)=O)c2)CC1. The third kappa shape index (κ3) is 6.11. The molecule has 0 aliphatic carbocycles. The van der Waals surface area contributed by atoms with Gasteiger partial charge in [0.25, 0.3) is 0 Å². The van der Waals surface area contributed by atoms with Gasteiger partial charge in [-0.1, -0.05) is 18.2 Å². The average Bonchev–Trinajstić information content (AvgIpc) is 2.77. The molecule has 31 heavy (non-hydrogen) atoms. The minimum absolute atomic E-state index is 0.143. The molecule has 9 heteroatoms. The van der Waals surface area contributed by atoms with Crippen molar-refractivity contribution >= 4 is 34.9 Å². The second kappa shape index (κ2) is 10.3. The number of ether oxygens (including phenoxy) is 1. The maximum Gasteiger partial charge on any atom is 0.317 e. The van der Waals surface area contributed by atoms with Crippen LogP contribution < -0.4 is 25.6 Å². The lowest BCUT2D eigenvalue weighted by molar-refractivity contribution is -0.115. The molecule has 2 aromatic rings. The van der Waals surface area contributed by atoms with E-state index in [1.807, 2.05) is 24.3 Å². The number of amides is 4. The van der Waals surface area contributed by atoms with Gasteiger partial charge in [0.1, 0.15) is 5.75 Å². The van der Waals surface area contributed by atoms with E-state index < -0.39 is 0 Å². The summed E-state index contributed by atoms with van der Waals surface area (Å²) < 4.78 is 5.41. The molecular weight excluding hydrogens is 398 g/mol. The van der Waals surface area contributed by atoms with Crippen LogP contribution >= 0.6 is 0 Å². The molecule has 0 spiro atoms. The first-order valence-corrected chi connectivity index (χ1v) is 10.0. The lowest BCUT2D eigenvalue weighted by Crippen LogP contribution is -2.52. The predicted octanol–water partition coefficient (Wildman–Crippen LogP) is 2.12. The number of rotatable bonds is 6. The normalized spacial score (nSPS) is 13.4. The number of hydrogen-bond acceptors (Lipinski definition) is 5. The molecule has 2 aromatic carbocycles. The molecule has 0 atom stereocenters. The van der Waals surface area contributed by atoms with Gasteiger partial charge in [0.2, 0.25) is 11.8 Å². The topological polar surface area (TPSA) is 103 Å². The quantitative estimate of drug-likeness (QED) is 0.658. The van der Waals surface area contributed by atoms with Crippen LogP contribution in [-0.2, 0) is 9.59 Å². The van der Waals surface area contributed by atoms with Crippen molar-refractivity contribution in [3.05, 3.63) is 48.5 Å². The fourth-order valence-corrected chi connectivity index (χ4v) is 3.39. The molecule has 0 saturated carbocycles. The fourth-order valence-electron chi connectivity index (χ4n) is 3.39. The highest BCUT2D eigenvalue weighted by molar-refractivity contribution is 5.95. The number of carbonyl (C=O) groups excluding carboxylic acids is 3. The number of anilines is 3. The van der Waals surface area contributed by atoms with Gasteiger partial charge < -0.3 is 30.5 Å². The lowest BCUT2D eigenvalue weighted by Gasteiger charge is -2.36. The van der Waals surface area contributed by atoms with Crippen LogP contribution in [0.4, 0.5) is 21.9 Å². The standard InChI is InChI=1S/C22H27N5O4/c1-16(28)24-17-6-5-7-18(14-17)25-21(29)15-23-22(30)27-12-10-26(11-13-27)19-8-3-4-9-20(19)31-2/h3-9,14H,10-13,15H2,1-2H3,(H,23,30)(H,24,28)(H,25,29). The Bertz CT molecular complexity index is 941. The molecule has 164 valence electrons. The highest BCUT2D eigenvalue weighted by atomic mass is 16.5. The molecule has 1 aliphatic rings. The van der Waals surface area contributed by atoms with Gasteiger partial charge in [-0.05, 0) is 30.3 Å². The Labute approximate surface area is 181 Å². The number of hydrogen-bond donors (Lipinski definition) is 3. The Hall–Kier alpha value is -3.75. The van der Waals surface area contributed by atoms with Crippen LogP contribution in [0.5, 0.6) is 5.75 Å². The van der Waals surface area contributed by atoms with E-state index in [0.717, 1.165) is 11.4 Å². The minimum Gasteiger partial charge on any atom is -0.495 e.